The first kappa shape index (κ1) is 11.1. The van der Waals surface area contributed by atoms with Crippen molar-refractivity contribution in [1.29, 1.82) is 0 Å². The third-order valence-corrected chi connectivity index (χ3v) is 2.92. The molecule has 0 saturated heterocycles. The lowest BCUT2D eigenvalue weighted by molar-refractivity contribution is -0.121. The van der Waals surface area contributed by atoms with Crippen LogP contribution in [0.15, 0.2) is 12.5 Å². The first-order valence-corrected chi connectivity index (χ1v) is 5.75. The Labute approximate surface area is 94.8 Å². The Kier molecular flexibility index (Phi) is 3.56. The van der Waals surface area contributed by atoms with Crippen LogP contribution in [0.5, 0.6) is 0 Å². The zero-order chi connectivity index (χ0) is 11.4. The first-order chi connectivity index (χ1) is 7.75. The molecule has 1 aliphatic carbocycles. The zero-order valence-corrected chi connectivity index (χ0v) is 9.28. The van der Waals surface area contributed by atoms with Gasteiger partial charge in [-0.2, -0.15) is 0 Å². The van der Waals surface area contributed by atoms with E-state index in [0.29, 0.717) is 18.9 Å². The van der Waals surface area contributed by atoms with Crippen LogP contribution in [0, 0.1) is 5.92 Å². The maximum Gasteiger partial charge on any atom is 0.221 e. The molecule has 5 nitrogen and oxygen atoms in total. The van der Waals surface area contributed by atoms with E-state index in [0.717, 1.165) is 12.1 Å². The number of nitrogens with two attached hydrogens (primary N) is 1. The van der Waals surface area contributed by atoms with Crippen molar-refractivity contribution < 1.29 is 4.79 Å². The molecular formula is C11H18N4O. The summed E-state index contributed by atoms with van der Waals surface area (Å²) < 4.78 is 0. The number of aromatic nitrogens is 2. The second-order valence-electron chi connectivity index (χ2n) is 4.38. The van der Waals surface area contributed by atoms with Crippen molar-refractivity contribution in [3.05, 3.63) is 18.2 Å². The summed E-state index contributed by atoms with van der Waals surface area (Å²) >= 11 is 0. The van der Waals surface area contributed by atoms with E-state index in [1.807, 2.05) is 0 Å². The normalized spacial score (nSPS) is 17.1. The SMILES string of the molecule is NC(CC(=O)NCCc1cnc[nH]1)C1CC1. The molecule has 1 fully saturated rings. The first-order valence-electron chi connectivity index (χ1n) is 5.75. The smallest absolute Gasteiger partial charge is 0.221 e. The van der Waals surface area contributed by atoms with Crippen LogP contribution >= 0.6 is 0 Å². The van der Waals surface area contributed by atoms with E-state index in [9.17, 15) is 4.79 Å². The summed E-state index contributed by atoms with van der Waals surface area (Å²) in [7, 11) is 0. The molecule has 1 aliphatic rings. The van der Waals surface area contributed by atoms with Crippen molar-refractivity contribution in [1.82, 2.24) is 15.3 Å². The molecule has 88 valence electrons. The Morgan fingerprint density at radius 3 is 3.12 bits per heavy atom. The average Bonchev–Trinajstić information content (AvgIpc) is 2.98. The summed E-state index contributed by atoms with van der Waals surface area (Å²) in [5.41, 5.74) is 6.90. The minimum atomic E-state index is 0.0483. The number of carbonyl (C=O) groups excluding carboxylic acids is 1. The number of hydrogen-bond acceptors (Lipinski definition) is 3. The van der Waals surface area contributed by atoms with Gasteiger partial charge in [0.15, 0.2) is 0 Å². The van der Waals surface area contributed by atoms with E-state index < -0.39 is 0 Å². The molecule has 5 heteroatoms. The van der Waals surface area contributed by atoms with Crippen LogP contribution in [0.1, 0.15) is 25.0 Å². The maximum absolute atomic E-state index is 11.5. The number of carbonyl (C=O) groups is 1. The molecule has 1 saturated carbocycles. The number of aromatic amines is 1. The third-order valence-electron chi connectivity index (χ3n) is 2.92. The van der Waals surface area contributed by atoms with Gasteiger partial charge < -0.3 is 16.0 Å². The molecule has 1 amide bonds. The van der Waals surface area contributed by atoms with Crippen LogP contribution in [-0.2, 0) is 11.2 Å². The Morgan fingerprint density at radius 1 is 1.69 bits per heavy atom. The fraction of sp³-hybridized carbons (Fsp3) is 0.636. The number of imidazole rings is 1. The topological polar surface area (TPSA) is 83.8 Å². The van der Waals surface area contributed by atoms with Gasteiger partial charge in [-0.05, 0) is 18.8 Å². The van der Waals surface area contributed by atoms with E-state index in [2.05, 4.69) is 15.3 Å². The van der Waals surface area contributed by atoms with E-state index in [1.165, 1.54) is 12.8 Å². The lowest BCUT2D eigenvalue weighted by Gasteiger charge is -2.09. The van der Waals surface area contributed by atoms with Gasteiger partial charge in [0.2, 0.25) is 5.91 Å². The standard InChI is InChI=1S/C11H18N4O/c12-10(8-1-2-8)5-11(16)14-4-3-9-6-13-7-15-9/h6-8,10H,1-5,12H2,(H,13,15)(H,14,16). The Hall–Kier alpha value is -1.36. The van der Waals surface area contributed by atoms with E-state index in [4.69, 9.17) is 5.73 Å². The summed E-state index contributed by atoms with van der Waals surface area (Å²) in [6.07, 6.45) is 7.01. The fourth-order valence-electron chi connectivity index (χ4n) is 1.74. The number of rotatable bonds is 6. The summed E-state index contributed by atoms with van der Waals surface area (Å²) in [6, 6.07) is 0.0483. The molecule has 0 aromatic carbocycles. The Morgan fingerprint density at radius 2 is 2.50 bits per heavy atom. The van der Waals surface area contributed by atoms with Crippen molar-refractivity contribution in [3.8, 4) is 0 Å². The van der Waals surface area contributed by atoms with Gasteiger partial charge in [0.25, 0.3) is 0 Å². The molecule has 4 N–H and O–H groups in total. The zero-order valence-electron chi connectivity index (χ0n) is 9.28. The molecule has 0 radical (unpaired) electrons. The molecule has 1 heterocycles. The van der Waals surface area contributed by atoms with E-state index >= 15 is 0 Å². The van der Waals surface area contributed by atoms with Crippen molar-refractivity contribution in [3.63, 3.8) is 0 Å². The molecular weight excluding hydrogens is 204 g/mol. The summed E-state index contributed by atoms with van der Waals surface area (Å²) in [5.74, 6) is 0.636. The number of H-pyrrole nitrogens is 1. The van der Waals surface area contributed by atoms with Crippen LogP contribution in [0.25, 0.3) is 0 Å². The van der Waals surface area contributed by atoms with Crippen LogP contribution in [0.2, 0.25) is 0 Å². The molecule has 1 atom stereocenters. The molecule has 1 aromatic rings. The molecule has 1 aromatic heterocycles. The lowest BCUT2D eigenvalue weighted by atomic mass is 10.1. The second kappa shape index (κ2) is 5.12. The van der Waals surface area contributed by atoms with Crippen molar-refractivity contribution in [2.24, 2.45) is 11.7 Å². The monoisotopic (exact) mass is 222 g/mol. The van der Waals surface area contributed by atoms with Gasteiger partial charge >= 0.3 is 0 Å². The highest BCUT2D eigenvalue weighted by molar-refractivity contribution is 5.76. The average molecular weight is 222 g/mol. The fourth-order valence-corrected chi connectivity index (χ4v) is 1.74. The second-order valence-corrected chi connectivity index (χ2v) is 4.38. The largest absolute Gasteiger partial charge is 0.356 e. The maximum atomic E-state index is 11.5. The van der Waals surface area contributed by atoms with Gasteiger partial charge in [-0.15, -0.1) is 0 Å². The quantitative estimate of drug-likeness (QED) is 0.642. The summed E-state index contributed by atoms with van der Waals surface area (Å²) in [5, 5.41) is 2.87. The van der Waals surface area contributed by atoms with Gasteiger partial charge in [0.05, 0.1) is 6.33 Å². The summed E-state index contributed by atoms with van der Waals surface area (Å²) in [4.78, 5) is 18.4. The van der Waals surface area contributed by atoms with Gasteiger partial charge in [-0.25, -0.2) is 4.98 Å². The van der Waals surface area contributed by atoms with Gasteiger partial charge in [0, 0.05) is 37.3 Å². The van der Waals surface area contributed by atoms with Crippen molar-refractivity contribution >= 4 is 5.91 Å². The molecule has 1 unspecified atom stereocenters. The van der Waals surface area contributed by atoms with Crippen molar-refractivity contribution in [2.75, 3.05) is 6.54 Å². The molecule has 0 bridgehead atoms. The van der Waals surface area contributed by atoms with Crippen LogP contribution in [0.3, 0.4) is 0 Å². The minimum absolute atomic E-state index is 0.0483. The van der Waals surface area contributed by atoms with Gasteiger partial charge in [-0.1, -0.05) is 0 Å². The Balaban J connectivity index is 1.60. The number of nitrogens with one attached hydrogen (secondary N) is 2. The van der Waals surface area contributed by atoms with Gasteiger partial charge in [0.1, 0.15) is 0 Å². The highest BCUT2D eigenvalue weighted by atomic mass is 16.1. The number of nitrogens with zero attached hydrogens (tertiary/aromatic N) is 1. The van der Waals surface area contributed by atoms with E-state index in [-0.39, 0.29) is 11.9 Å². The Bertz CT molecular complexity index is 332. The highest BCUT2D eigenvalue weighted by Gasteiger charge is 2.29. The molecule has 2 rings (SSSR count). The molecule has 0 spiro atoms. The van der Waals surface area contributed by atoms with Crippen LogP contribution in [0.4, 0.5) is 0 Å². The molecule has 16 heavy (non-hydrogen) atoms. The third kappa shape index (κ3) is 3.34. The van der Waals surface area contributed by atoms with Gasteiger partial charge in [-0.3, -0.25) is 4.79 Å². The predicted molar refractivity (Wildman–Crippen MR) is 60.6 cm³/mol. The van der Waals surface area contributed by atoms with Crippen LogP contribution in [-0.4, -0.2) is 28.5 Å². The highest BCUT2D eigenvalue weighted by Crippen LogP contribution is 2.32. The summed E-state index contributed by atoms with van der Waals surface area (Å²) in [6.45, 7) is 0.637. The predicted octanol–water partition coefficient (Wildman–Crippen LogP) is 0.196. The minimum Gasteiger partial charge on any atom is -0.356 e. The number of amides is 1. The van der Waals surface area contributed by atoms with Crippen LogP contribution < -0.4 is 11.1 Å². The lowest BCUT2D eigenvalue weighted by Crippen LogP contribution is -2.33. The van der Waals surface area contributed by atoms with Crippen molar-refractivity contribution in [2.45, 2.75) is 31.7 Å². The number of hydrogen-bond donors (Lipinski definition) is 3. The van der Waals surface area contributed by atoms with E-state index in [1.54, 1.807) is 12.5 Å². The molecule has 0 aliphatic heterocycles.